The summed E-state index contributed by atoms with van der Waals surface area (Å²) in [7, 11) is 1.49. The molecule has 0 saturated carbocycles. The van der Waals surface area contributed by atoms with Crippen LogP contribution in [0.5, 0.6) is 5.75 Å². The average molecular weight is 541 g/mol. The first kappa shape index (κ1) is 33.7. The minimum Gasteiger partial charge on any atom is -0.507 e. The maximum atomic E-state index is 11.9. The van der Waals surface area contributed by atoms with Crippen molar-refractivity contribution >= 4 is 18.0 Å². The van der Waals surface area contributed by atoms with E-state index >= 15 is 0 Å². The molecule has 2 rings (SSSR count). The number of aromatic hydroxyl groups is 1. The Morgan fingerprint density at radius 2 is 1.41 bits per heavy atom. The van der Waals surface area contributed by atoms with Gasteiger partial charge in [-0.05, 0) is 50.0 Å². The van der Waals surface area contributed by atoms with Crippen molar-refractivity contribution in [3.05, 3.63) is 71.5 Å². The number of methoxy groups -OCH3 is 1. The standard InChI is InChI=1S/C18H26O3.C15H22O3/c1-3-4-5-6-7-11-14-21-18(19)17(20-2)15-16-12-9-8-10-13-16;1-3-4-5-6-9-12(2)18-15(17)13-10-7-8-11-14(13)16/h8-10,12-13,15H,3-7,11,14H2,1-2H3;7-8,10-12,16H,3-6,9H2,1-2H3. The number of hydrogen-bond acceptors (Lipinski definition) is 6. The van der Waals surface area contributed by atoms with Crippen LogP contribution >= 0.6 is 0 Å². The zero-order chi connectivity index (χ0) is 28.7. The van der Waals surface area contributed by atoms with Gasteiger partial charge >= 0.3 is 11.9 Å². The van der Waals surface area contributed by atoms with Crippen LogP contribution in [0.15, 0.2) is 60.4 Å². The van der Waals surface area contributed by atoms with Crippen LogP contribution in [0.25, 0.3) is 6.08 Å². The Kier molecular flexibility index (Phi) is 18.7. The molecule has 1 atom stereocenters. The molecule has 0 spiro atoms. The maximum Gasteiger partial charge on any atom is 0.373 e. The second kappa shape index (κ2) is 21.6. The second-order valence-corrected chi connectivity index (χ2v) is 9.61. The lowest BCUT2D eigenvalue weighted by Gasteiger charge is -2.13. The number of carbonyl (C=O) groups excluding carboxylic acids is 2. The maximum absolute atomic E-state index is 11.9. The Bertz CT molecular complexity index is 954. The zero-order valence-electron chi connectivity index (χ0n) is 24.3. The lowest BCUT2D eigenvalue weighted by Crippen LogP contribution is -2.15. The van der Waals surface area contributed by atoms with Crippen LogP contribution in [0, 0.1) is 0 Å². The van der Waals surface area contributed by atoms with Gasteiger partial charge in [-0.1, -0.05) is 108 Å². The molecule has 0 saturated heterocycles. The number of carbonyl (C=O) groups is 2. The van der Waals surface area contributed by atoms with Crippen LogP contribution in [-0.4, -0.2) is 36.9 Å². The van der Waals surface area contributed by atoms with Crippen LogP contribution in [0.3, 0.4) is 0 Å². The molecule has 6 nitrogen and oxygen atoms in total. The summed E-state index contributed by atoms with van der Waals surface area (Å²) in [6.45, 7) is 6.72. The first-order chi connectivity index (χ1) is 18.9. The molecule has 0 amide bonds. The van der Waals surface area contributed by atoms with Crippen LogP contribution in [0.1, 0.15) is 107 Å². The van der Waals surface area contributed by atoms with E-state index in [0.717, 1.165) is 31.2 Å². The average Bonchev–Trinajstić information content (AvgIpc) is 2.94. The van der Waals surface area contributed by atoms with Crippen molar-refractivity contribution in [1.82, 2.24) is 0 Å². The molecular formula is C33H48O6. The van der Waals surface area contributed by atoms with Crippen LogP contribution in [-0.2, 0) is 19.0 Å². The van der Waals surface area contributed by atoms with Gasteiger partial charge in [0.25, 0.3) is 0 Å². The summed E-state index contributed by atoms with van der Waals surface area (Å²) in [5, 5.41) is 9.54. The molecule has 6 heteroatoms. The van der Waals surface area contributed by atoms with Crippen molar-refractivity contribution in [2.75, 3.05) is 13.7 Å². The molecule has 2 aromatic carbocycles. The number of ether oxygens (including phenoxy) is 3. The summed E-state index contributed by atoms with van der Waals surface area (Å²) in [6, 6.07) is 16.1. The van der Waals surface area contributed by atoms with E-state index < -0.39 is 11.9 Å². The summed E-state index contributed by atoms with van der Waals surface area (Å²) >= 11 is 0. The van der Waals surface area contributed by atoms with Gasteiger partial charge in [-0.2, -0.15) is 0 Å². The highest BCUT2D eigenvalue weighted by Crippen LogP contribution is 2.18. The third-order valence-electron chi connectivity index (χ3n) is 6.15. The molecule has 0 aromatic heterocycles. The number of phenolic OH excluding ortho intramolecular Hbond substituents is 1. The molecule has 0 bridgehead atoms. The number of esters is 2. The van der Waals surface area contributed by atoms with E-state index in [0.29, 0.717) is 6.61 Å². The van der Waals surface area contributed by atoms with Crippen LogP contribution < -0.4 is 0 Å². The van der Waals surface area contributed by atoms with Gasteiger partial charge in [0.1, 0.15) is 11.3 Å². The van der Waals surface area contributed by atoms with Crippen molar-refractivity contribution in [2.24, 2.45) is 0 Å². The number of rotatable bonds is 17. The monoisotopic (exact) mass is 540 g/mol. The van der Waals surface area contributed by atoms with Crippen molar-refractivity contribution in [3.8, 4) is 5.75 Å². The quantitative estimate of drug-likeness (QED) is 0.0937. The van der Waals surface area contributed by atoms with Gasteiger partial charge in [-0.25, -0.2) is 9.59 Å². The highest BCUT2D eigenvalue weighted by Gasteiger charge is 2.15. The summed E-state index contributed by atoms with van der Waals surface area (Å²) < 4.78 is 15.7. The van der Waals surface area contributed by atoms with Crippen LogP contribution in [0.2, 0.25) is 0 Å². The van der Waals surface area contributed by atoms with Gasteiger partial charge in [-0.3, -0.25) is 0 Å². The summed E-state index contributed by atoms with van der Waals surface area (Å²) in [5.74, 6) is -0.626. The molecule has 0 heterocycles. The highest BCUT2D eigenvalue weighted by atomic mass is 16.6. The van der Waals surface area contributed by atoms with Gasteiger partial charge in [0, 0.05) is 0 Å². The Balaban J connectivity index is 0.000000395. The predicted molar refractivity (Wildman–Crippen MR) is 158 cm³/mol. The van der Waals surface area contributed by atoms with Crippen molar-refractivity contribution < 1.29 is 28.9 Å². The number of unbranched alkanes of at least 4 members (excludes halogenated alkanes) is 8. The third kappa shape index (κ3) is 15.7. The lowest BCUT2D eigenvalue weighted by atomic mass is 10.1. The van der Waals surface area contributed by atoms with Crippen molar-refractivity contribution in [3.63, 3.8) is 0 Å². The lowest BCUT2D eigenvalue weighted by molar-refractivity contribution is -0.142. The van der Waals surface area contributed by atoms with E-state index in [1.54, 1.807) is 24.3 Å². The van der Waals surface area contributed by atoms with Crippen molar-refractivity contribution in [1.29, 1.82) is 0 Å². The Hall–Kier alpha value is -3.28. The first-order valence-corrected chi connectivity index (χ1v) is 14.4. The molecule has 0 aliphatic carbocycles. The minimum atomic E-state index is -0.448. The minimum absolute atomic E-state index is 0.0271. The molecule has 0 aliphatic heterocycles. The molecule has 39 heavy (non-hydrogen) atoms. The van der Waals surface area contributed by atoms with Crippen LogP contribution in [0.4, 0.5) is 0 Å². The first-order valence-electron chi connectivity index (χ1n) is 14.4. The topological polar surface area (TPSA) is 82.1 Å². The molecule has 0 aliphatic rings. The fourth-order valence-electron chi connectivity index (χ4n) is 3.83. The van der Waals surface area contributed by atoms with E-state index in [4.69, 9.17) is 14.2 Å². The van der Waals surface area contributed by atoms with E-state index in [2.05, 4.69) is 13.8 Å². The zero-order valence-corrected chi connectivity index (χ0v) is 24.3. The molecule has 1 unspecified atom stereocenters. The summed E-state index contributed by atoms with van der Waals surface area (Å²) in [6.07, 6.45) is 14.2. The summed E-state index contributed by atoms with van der Waals surface area (Å²) in [4.78, 5) is 23.7. The SMILES string of the molecule is CCCCCCC(C)OC(=O)c1ccccc1O.CCCCCCCCOC(=O)C(=Cc1ccccc1)OC. The van der Waals surface area contributed by atoms with E-state index in [1.165, 1.54) is 58.1 Å². The molecule has 0 radical (unpaired) electrons. The molecule has 2 aromatic rings. The Morgan fingerprint density at radius 3 is 2.05 bits per heavy atom. The van der Waals surface area contributed by atoms with E-state index in [1.807, 2.05) is 37.3 Å². The van der Waals surface area contributed by atoms with E-state index in [-0.39, 0.29) is 23.2 Å². The van der Waals surface area contributed by atoms with Crippen molar-refractivity contribution in [2.45, 2.75) is 97.5 Å². The fraction of sp³-hybridized carbons (Fsp3) is 0.515. The fourth-order valence-corrected chi connectivity index (χ4v) is 3.83. The summed E-state index contributed by atoms with van der Waals surface area (Å²) in [5.41, 5.74) is 1.16. The number of para-hydroxylation sites is 1. The van der Waals surface area contributed by atoms with E-state index in [9.17, 15) is 14.7 Å². The normalized spacial score (nSPS) is 11.6. The smallest absolute Gasteiger partial charge is 0.373 e. The van der Waals surface area contributed by atoms with Gasteiger partial charge in [0.2, 0.25) is 5.76 Å². The predicted octanol–water partition coefficient (Wildman–Crippen LogP) is 8.49. The largest absolute Gasteiger partial charge is 0.507 e. The Morgan fingerprint density at radius 1 is 0.821 bits per heavy atom. The molecule has 0 fully saturated rings. The number of hydrogen-bond donors (Lipinski definition) is 1. The number of benzene rings is 2. The number of phenols is 1. The van der Waals surface area contributed by atoms with Gasteiger partial charge in [0.05, 0.1) is 19.8 Å². The Labute approximate surface area is 235 Å². The third-order valence-corrected chi connectivity index (χ3v) is 6.15. The molecule has 216 valence electrons. The highest BCUT2D eigenvalue weighted by molar-refractivity contribution is 5.92. The molecular weight excluding hydrogens is 492 g/mol. The second-order valence-electron chi connectivity index (χ2n) is 9.61. The van der Waals surface area contributed by atoms with Gasteiger partial charge in [0.15, 0.2) is 0 Å². The molecule has 1 N–H and O–H groups in total. The van der Waals surface area contributed by atoms with Gasteiger partial charge in [-0.15, -0.1) is 0 Å². The van der Waals surface area contributed by atoms with Gasteiger partial charge < -0.3 is 19.3 Å².